The highest BCUT2D eigenvalue weighted by molar-refractivity contribution is 7.98. The Bertz CT molecular complexity index is 1650. The fourth-order valence-corrected chi connectivity index (χ4v) is 6.78. The molecule has 2 saturated heterocycles. The van der Waals surface area contributed by atoms with E-state index in [0.29, 0.717) is 36.0 Å². The first-order valence-corrected chi connectivity index (χ1v) is 16.4. The number of rotatable bonds is 9. The lowest BCUT2D eigenvalue weighted by molar-refractivity contribution is -0.134. The smallest absolute Gasteiger partial charge is 0.387 e. The molecule has 3 aliphatic rings. The maximum Gasteiger partial charge on any atom is 0.387 e. The van der Waals surface area contributed by atoms with Gasteiger partial charge in [-0.05, 0) is 69.3 Å². The Labute approximate surface area is 269 Å². The zero-order valence-corrected chi connectivity index (χ0v) is 26.1. The van der Waals surface area contributed by atoms with Gasteiger partial charge < -0.3 is 24.9 Å². The number of aromatic nitrogens is 3. The van der Waals surface area contributed by atoms with Crippen molar-refractivity contribution >= 4 is 29.2 Å². The number of hydrazine groups is 1. The first-order valence-electron chi connectivity index (χ1n) is 15.2. The molecule has 0 radical (unpaired) electrons. The number of alkyl halides is 2. The van der Waals surface area contributed by atoms with Crippen molar-refractivity contribution in [2.45, 2.75) is 49.3 Å². The number of carbonyl (C=O) groups excluding carboxylic acids is 2. The van der Waals surface area contributed by atoms with Crippen LogP contribution < -0.4 is 15.5 Å². The predicted octanol–water partition coefficient (Wildman–Crippen LogP) is 3.41. The molecular formula is C31H35F2N9O3S. The number of hydrogen-bond acceptors (Lipinski definition) is 10. The minimum Gasteiger partial charge on any atom is -0.434 e. The molecular weight excluding hydrogens is 616 g/mol. The monoisotopic (exact) mass is 651 g/mol. The average molecular weight is 652 g/mol. The molecule has 0 saturated carbocycles. The number of piperidine rings is 2. The van der Waals surface area contributed by atoms with Crippen molar-refractivity contribution in [3.8, 4) is 11.8 Å². The van der Waals surface area contributed by atoms with Crippen LogP contribution in [0.25, 0.3) is 5.65 Å². The summed E-state index contributed by atoms with van der Waals surface area (Å²) in [4.78, 5) is 36.3. The molecule has 2 amide bonds. The summed E-state index contributed by atoms with van der Waals surface area (Å²) in [6.07, 6.45) is 11.6. The zero-order valence-electron chi connectivity index (χ0n) is 25.3. The molecule has 2 fully saturated rings. The van der Waals surface area contributed by atoms with Gasteiger partial charge >= 0.3 is 6.61 Å². The topological polar surface area (TPSA) is 131 Å². The Kier molecular flexibility index (Phi) is 9.67. The highest BCUT2D eigenvalue weighted by Gasteiger charge is 2.34. The van der Waals surface area contributed by atoms with Gasteiger partial charge in [0.1, 0.15) is 17.9 Å². The van der Waals surface area contributed by atoms with Crippen molar-refractivity contribution in [2.24, 2.45) is 5.92 Å². The number of benzene rings is 1. The van der Waals surface area contributed by atoms with Crippen LogP contribution in [0.2, 0.25) is 0 Å². The number of likely N-dealkylation sites (tertiary alicyclic amines) is 2. The summed E-state index contributed by atoms with van der Waals surface area (Å²) in [6.45, 7) is -0.0118. The molecule has 12 nitrogen and oxygen atoms in total. The molecule has 0 aliphatic carbocycles. The molecule has 2 N–H and O–H groups in total. The quantitative estimate of drug-likeness (QED) is 0.332. The highest BCUT2D eigenvalue weighted by atomic mass is 32.2. The molecule has 0 spiro atoms. The van der Waals surface area contributed by atoms with Gasteiger partial charge in [0.05, 0.1) is 24.0 Å². The van der Waals surface area contributed by atoms with E-state index in [1.54, 1.807) is 41.8 Å². The first-order chi connectivity index (χ1) is 22.3. The van der Waals surface area contributed by atoms with Crippen LogP contribution in [-0.2, 0) is 4.79 Å². The van der Waals surface area contributed by atoms with E-state index in [-0.39, 0.29) is 29.7 Å². The second-order valence-electron chi connectivity index (χ2n) is 11.5. The lowest BCUT2D eigenvalue weighted by atomic mass is 9.94. The van der Waals surface area contributed by atoms with Crippen LogP contribution in [0.1, 0.15) is 47.6 Å². The van der Waals surface area contributed by atoms with E-state index in [9.17, 15) is 23.6 Å². The van der Waals surface area contributed by atoms with Gasteiger partial charge in [0.25, 0.3) is 5.91 Å². The third-order valence-corrected chi connectivity index (χ3v) is 9.50. The van der Waals surface area contributed by atoms with Crippen LogP contribution in [0.15, 0.2) is 59.6 Å². The number of thioether (sulfide) groups is 1. The summed E-state index contributed by atoms with van der Waals surface area (Å²) < 4.78 is 33.2. The van der Waals surface area contributed by atoms with E-state index in [1.165, 1.54) is 28.5 Å². The van der Waals surface area contributed by atoms with Gasteiger partial charge in [-0.25, -0.2) is 14.9 Å². The van der Waals surface area contributed by atoms with E-state index < -0.39 is 18.6 Å². The third kappa shape index (κ3) is 6.93. The Morgan fingerprint density at radius 2 is 1.98 bits per heavy atom. The van der Waals surface area contributed by atoms with Crippen molar-refractivity contribution in [3.05, 3.63) is 65.9 Å². The number of carbonyl (C=O) groups is 2. The van der Waals surface area contributed by atoms with Gasteiger partial charge in [-0.1, -0.05) is 0 Å². The molecule has 46 heavy (non-hydrogen) atoms. The van der Waals surface area contributed by atoms with Crippen molar-refractivity contribution in [1.82, 2.24) is 40.1 Å². The molecule has 1 unspecified atom stereocenters. The fraction of sp³-hybridized carbons (Fsp3) is 0.452. The Morgan fingerprint density at radius 3 is 2.70 bits per heavy atom. The van der Waals surface area contributed by atoms with Crippen molar-refractivity contribution in [2.75, 3.05) is 39.0 Å². The standard InChI is InChI=1S/C31H35F2N9O3S/c1-46-22-3-4-26(45-31(32)33)23(15-22)28-25(37-30(44)24-17-36-42-10-2-9-35-29(24)42)18-41(38-28)19-27(43)40-13-7-21(8-14-40)39-11-5-20(16-34)6-12-39/h2-4,9-10,15,17-18,20-21,28,31,38H,5-8,11-14,19H2,1H3,(H,37,44). The lowest BCUT2D eigenvalue weighted by Gasteiger charge is -2.41. The van der Waals surface area contributed by atoms with Gasteiger partial charge in [0, 0.05) is 54.1 Å². The lowest BCUT2D eigenvalue weighted by Crippen LogP contribution is -2.51. The van der Waals surface area contributed by atoms with E-state index in [0.717, 1.165) is 43.7 Å². The number of hydrogen-bond donors (Lipinski definition) is 2. The molecule has 3 aromatic rings. The van der Waals surface area contributed by atoms with Crippen LogP contribution in [-0.4, -0.2) is 92.9 Å². The summed E-state index contributed by atoms with van der Waals surface area (Å²) in [5.41, 5.74) is 4.55. The average Bonchev–Trinajstić information content (AvgIpc) is 3.69. The number of nitrogens with zero attached hydrogens (tertiary/aromatic N) is 7. The summed E-state index contributed by atoms with van der Waals surface area (Å²) in [5.74, 6) is -0.490. The summed E-state index contributed by atoms with van der Waals surface area (Å²) in [7, 11) is 0. The molecule has 15 heteroatoms. The maximum absolute atomic E-state index is 13.5. The largest absolute Gasteiger partial charge is 0.434 e. The van der Waals surface area contributed by atoms with E-state index in [4.69, 9.17) is 4.74 Å². The van der Waals surface area contributed by atoms with Crippen LogP contribution >= 0.6 is 11.8 Å². The van der Waals surface area contributed by atoms with Gasteiger partial charge in [-0.3, -0.25) is 9.59 Å². The zero-order chi connectivity index (χ0) is 32.2. The summed E-state index contributed by atoms with van der Waals surface area (Å²) >= 11 is 1.44. The Balaban J connectivity index is 1.18. The first kappa shape index (κ1) is 31.7. The SMILES string of the molecule is CSc1ccc(OC(F)F)c(C2NN(CC(=O)N3CCC(N4CCC(C#N)CC4)CC3)C=C2NC(=O)c2cnn3cccnc23)c1. The number of fused-ring (bicyclic) bond motifs is 1. The van der Waals surface area contributed by atoms with Crippen molar-refractivity contribution in [1.29, 1.82) is 5.26 Å². The minimum atomic E-state index is -3.05. The molecule has 2 aromatic heterocycles. The number of amides is 2. The normalized spacial score (nSPS) is 19.8. The Hall–Kier alpha value is -4.26. The van der Waals surface area contributed by atoms with E-state index in [1.807, 2.05) is 11.2 Å². The van der Waals surface area contributed by atoms with Crippen molar-refractivity contribution < 1.29 is 23.1 Å². The number of nitriles is 1. The highest BCUT2D eigenvalue weighted by Crippen LogP contribution is 2.36. The van der Waals surface area contributed by atoms with Crippen LogP contribution in [0.5, 0.6) is 5.75 Å². The van der Waals surface area contributed by atoms with E-state index in [2.05, 4.69) is 31.8 Å². The maximum atomic E-state index is 13.5. The van der Waals surface area contributed by atoms with Gasteiger partial charge in [-0.15, -0.1) is 11.8 Å². The molecule has 1 atom stereocenters. The molecule has 242 valence electrons. The molecule has 6 rings (SSSR count). The van der Waals surface area contributed by atoms with Gasteiger partial charge in [0.15, 0.2) is 5.65 Å². The van der Waals surface area contributed by atoms with Crippen LogP contribution in [0.4, 0.5) is 8.78 Å². The fourth-order valence-electron chi connectivity index (χ4n) is 6.34. The van der Waals surface area contributed by atoms with Gasteiger partial charge in [-0.2, -0.15) is 19.1 Å². The summed E-state index contributed by atoms with van der Waals surface area (Å²) in [5, 5.41) is 17.9. The van der Waals surface area contributed by atoms with Crippen LogP contribution in [0.3, 0.4) is 0 Å². The Morgan fingerprint density at radius 1 is 1.20 bits per heavy atom. The number of halogens is 2. The second kappa shape index (κ2) is 14.0. The molecule has 0 bridgehead atoms. The molecule has 5 heterocycles. The number of ether oxygens (including phenoxy) is 1. The molecule has 1 aromatic carbocycles. The minimum absolute atomic E-state index is 0.0281. The molecule has 3 aliphatic heterocycles. The van der Waals surface area contributed by atoms with E-state index >= 15 is 0 Å². The number of nitrogens with one attached hydrogen (secondary N) is 2. The summed E-state index contributed by atoms with van der Waals surface area (Å²) in [6, 6.07) is 8.56. The third-order valence-electron chi connectivity index (χ3n) is 8.78. The predicted molar refractivity (Wildman–Crippen MR) is 165 cm³/mol. The van der Waals surface area contributed by atoms with Gasteiger partial charge in [0.2, 0.25) is 5.91 Å². The van der Waals surface area contributed by atoms with Crippen molar-refractivity contribution in [3.63, 3.8) is 0 Å². The van der Waals surface area contributed by atoms with Crippen LogP contribution in [0, 0.1) is 17.2 Å². The second-order valence-corrected chi connectivity index (χ2v) is 12.4.